The first-order valence-corrected chi connectivity index (χ1v) is 8.21. The summed E-state index contributed by atoms with van der Waals surface area (Å²) in [6.07, 6.45) is 0.407. The standard InChI is InChI=1S/C15H14ClNO3S/c1-2-14(18)11-7-9-12(10-8-11)17-21(19,20)15-6-4-3-5-13(15)16/h3-10,17H,2H2,1H3. The summed E-state index contributed by atoms with van der Waals surface area (Å²) >= 11 is 5.90. The van der Waals surface area contributed by atoms with Crippen molar-refractivity contribution in [3.63, 3.8) is 0 Å². The van der Waals surface area contributed by atoms with Gasteiger partial charge in [-0.2, -0.15) is 0 Å². The molecule has 2 rings (SSSR count). The van der Waals surface area contributed by atoms with Crippen LogP contribution in [-0.2, 0) is 10.0 Å². The molecule has 0 unspecified atom stereocenters. The first kappa shape index (κ1) is 15.5. The van der Waals surface area contributed by atoms with Crippen molar-refractivity contribution in [3.05, 3.63) is 59.1 Å². The van der Waals surface area contributed by atoms with E-state index >= 15 is 0 Å². The number of hydrogen-bond donors (Lipinski definition) is 1. The molecule has 0 atom stereocenters. The van der Waals surface area contributed by atoms with Crippen molar-refractivity contribution in [3.8, 4) is 0 Å². The Morgan fingerprint density at radius 3 is 2.29 bits per heavy atom. The van der Waals surface area contributed by atoms with Crippen molar-refractivity contribution in [2.75, 3.05) is 4.72 Å². The zero-order chi connectivity index (χ0) is 15.5. The lowest BCUT2D eigenvalue weighted by atomic mass is 10.1. The summed E-state index contributed by atoms with van der Waals surface area (Å²) in [6.45, 7) is 1.77. The third kappa shape index (κ3) is 3.62. The molecule has 2 aromatic carbocycles. The fourth-order valence-corrected chi connectivity index (χ4v) is 3.38. The molecule has 0 bridgehead atoms. The van der Waals surface area contributed by atoms with Gasteiger partial charge in [-0.1, -0.05) is 30.7 Å². The van der Waals surface area contributed by atoms with Crippen LogP contribution in [0, 0.1) is 0 Å². The smallest absolute Gasteiger partial charge is 0.263 e. The summed E-state index contributed by atoms with van der Waals surface area (Å²) in [7, 11) is -3.75. The second-order valence-corrected chi connectivity index (χ2v) is 6.45. The molecule has 0 aromatic heterocycles. The first-order chi connectivity index (χ1) is 9.94. The van der Waals surface area contributed by atoms with Crippen LogP contribution in [0.15, 0.2) is 53.4 Å². The van der Waals surface area contributed by atoms with Gasteiger partial charge in [0.2, 0.25) is 0 Å². The van der Waals surface area contributed by atoms with Gasteiger partial charge in [0.25, 0.3) is 10.0 Å². The molecule has 1 N–H and O–H groups in total. The Hall–Kier alpha value is -1.85. The third-order valence-electron chi connectivity index (χ3n) is 2.91. The van der Waals surface area contributed by atoms with E-state index in [1.54, 1.807) is 43.3 Å². The van der Waals surface area contributed by atoms with E-state index in [0.29, 0.717) is 17.7 Å². The van der Waals surface area contributed by atoms with Gasteiger partial charge < -0.3 is 0 Å². The van der Waals surface area contributed by atoms with Gasteiger partial charge in [0.05, 0.1) is 5.02 Å². The average Bonchev–Trinajstić information content (AvgIpc) is 2.47. The summed E-state index contributed by atoms with van der Waals surface area (Å²) in [5, 5.41) is 0.155. The van der Waals surface area contributed by atoms with Crippen LogP contribution in [0.5, 0.6) is 0 Å². The van der Waals surface area contributed by atoms with E-state index in [1.807, 2.05) is 0 Å². The molecule has 0 radical (unpaired) electrons. The predicted molar refractivity (Wildman–Crippen MR) is 83.3 cm³/mol. The number of anilines is 1. The highest BCUT2D eigenvalue weighted by Gasteiger charge is 2.17. The monoisotopic (exact) mass is 323 g/mol. The van der Waals surface area contributed by atoms with Crippen molar-refractivity contribution in [1.82, 2.24) is 0 Å². The minimum absolute atomic E-state index is 0.00973. The van der Waals surface area contributed by atoms with Crippen LogP contribution in [0.1, 0.15) is 23.7 Å². The molecule has 0 saturated heterocycles. The predicted octanol–water partition coefficient (Wildman–Crippen LogP) is 3.73. The van der Waals surface area contributed by atoms with Gasteiger partial charge in [-0.3, -0.25) is 9.52 Å². The lowest BCUT2D eigenvalue weighted by molar-refractivity contribution is 0.0988. The number of carbonyl (C=O) groups is 1. The summed E-state index contributed by atoms with van der Waals surface area (Å²) in [6, 6.07) is 12.5. The maximum absolute atomic E-state index is 12.2. The van der Waals surface area contributed by atoms with Gasteiger partial charge >= 0.3 is 0 Å². The fourth-order valence-electron chi connectivity index (χ4n) is 1.80. The van der Waals surface area contributed by atoms with Crippen molar-refractivity contribution < 1.29 is 13.2 Å². The molecule has 2 aromatic rings. The Balaban J connectivity index is 2.25. The summed E-state index contributed by atoms with van der Waals surface area (Å²) in [5.41, 5.74) is 0.931. The van der Waals surface area contributed by atoms with Crippen LogP contribution < -0.4 is 4.72 Å². The number of rotatable bonds is 5. The topological polar surface area (TPSA) is 63.2 Å². The van der Waals surface area contributed by atoms with Gasteiger partial charge in [-0.05, 0) is 36.4 Å². The highest BCUT2D eigenvalue weighted by atomic mass is 35.5. The summed E-state index contributed by atoms with van der Waals surface area (Å²) < 4.78 is 26.9. The Kier molecular flexibility index (Phi) is 4.65. The molecule has 0 aliphatic heterocycles. The number of Topliss-reactive ketones (excluding diaryl/α,β-unsaturated/α-hetero) is 1. The summed E-state index contributed by atoms with van der Waals surface area (Å²) in [4.78, 5) is 11.5. The van der Waals surface area contributed by atoms with Crippen molar-refractivity contribution in [2.24, 2.45) is 0 Å². The molecule has 0 heterocycles. The molecule has 0 aliphatic rings. The third-order valence-corrected chi connectivity index (χ3v) is 4.79. The number of sulfonamides is 1. The van der Waals surface area contributed by atoms with E-state index < -0.39 is 10.0 Å². The number of hydrogen-bond acceptors (Lipinski definition) is 3. The maximum atomic E-state index is 12.2. The number of ketones is 1. The van der Waals surface area contributed by atoms with E-state index in [0.717, 1.165) is 0 Å². The van der Waals surface area contributed by atoms with Crippen LogP contribution in [0.3, 0.4) is 0 Å². The molecule has 0 amide bonds. The van der Waals surface area contributed by atoms with Crippen LogP contribution in [-0.4, -0.2) is 14.2 Å². The fraction of sp³-hybridized carbons (Fsp3) is 0.133. The molecule has 6 heteroatoms. The second-order valence-electron chi connectivity index (χ2n) is 4.39. The van der Waals surface area contributed by atoms with Gasteiger partial charge in [0, 0.05) is 17.7 Å². The van der Waals surface area contributed by atoms with E-state index in [4.69, 9.17) is 11.6 Å². The van der Waals surface area contributed by atoms with E-state index in [-0.39, 0.29) is 15.7 Å². The number of benzene rings is 2. The zero-order valence-corrected chi connectivity index (χ0v) is 12.9. The molecule has 0 saturated carbocycles. The highest BCUT2D eigenvalue weighted by molar-refractivity contribution is 7.92. The van der Waals surface area contributed by atoms with Crippen LogP contribution >= 0.6 is 11.6 Å². The molecule has 21 heavy (non-hydrogen) atoms. The molecule has 4 nitrogen and oxygen atoms in total. The lowest BCUT2D eigenvalue weighted by Gasteiger charge is -2.09. The number of halogens is 1. The minimum Gasteiger partial charge on any atom is -0.294 e. The van der Waals surface area contributed by atoms with Gasteiger partial charge in [-0.25, -0.2) is 8.42 Å². The molecule has 0 fully saturated rings. The molecule has 0 aliphatic carbocycles. The van der Waals surface area contributed by atoms with E-state index in [1.165, 1.54) is 12.1 Å². The van der Waals surface area contributed by atoms with Gasteiger partial charge in [0.1, 0.15) is 4.90 Å². The summed E-state index contributed by atoms with van der Waals surface area (Å²) in [5.74, 6) is 0.00973. The highest BCUT2D eigenvalue weighted by Crippen LogP contribution is 2.23. The largest absolute Gasteiger partial charge is 0.294 e. The lowest BCUT2D eigenvalue weighted by Crippen LogP contribution is -2.13. The Morgan fingerprint density at radius 1 is 1.10 bits per heavy atom. The molecular formula is C15H14ClNO3S. The molecule has 0 spiro atoms. The Morgan fingerprint density at radius 2 is 1.71 bits per heavy atom. The van der Waals surface area contributed by atoms with Gasteiger partial charge in [0.15, 0.2) is 5.78 Å². The number of nitrogens with one attached hydrogen (secondary N) is 1. The zero-order valence-electron chi connectivity index (χ0n) is 11.3. The van der Waals surface area contributed by atoms with Crippen molar-refractivity contribution in [1.29, 1.82) is 0 Å². The van der Waals surface area contributed by atoms with Gasteiger partial charge in [-0.15, -0.1) is 0 Å². The van der Waals surface area contributed by atoms with E-state index in [2.05, 4.69) is 4.72 Å². The molecule has 110 valence electrons. The van der Waals surface area contributed by atoms with Crippen LogP contribution in [0.4, 0.5) is 5.69 Å². The Bertz CT molecular complexity index is 755. The van der Waals surface area contributed by atoms with Crippen molar-refractivity contribution >= 4 is 33.1 Å². The minimum atomic E-state index is -3.75. The average molecular weight is 324 g/mol. The normalized spacial score (nSPS) is 11.1. The SMILES string of the molecule is CCC(=O)c1ccc(NS(=O)(=O)c2ccccc2Cl)cc1. The second kappa shape index (κ2) is 6.28. The van der Waals surface area contributed by atoms with Crippen LogP contribution in [0.25, 0.3) is 0 Å². The first-order valence-electron chi connectivity index (χ1n) is 6.34. The van der Waals surface area contributed by atoms with E-state index in [9.17, 15) is 13.2 Å². The number of carbonyl (C=O) groups excluding carboxylic acids is 1. The van der Waals surface area contributed by atoms with Crippen molar-refractivity contribution in [2.45, 2.75) is 18.2 Å². The maximum Gasteiger partial charge on any atom is 0.263 e. The molecular weight excluding hydrogens is 310 g/mol. The Labute approximate surface area is 128 Å². The van der Waals surface area contributed by atoms with Crippen LogP contribution in [0.2, 0.25) is 5.02 Å². The quantitative estimate of drug-likeness (QED) is 0.853.